The van der Waals surface area contributed by atoms with Gasteiger partial charge < -0.3 is 4.57 Å². The number of hydrogen-bond acceptors (Lipinski definition) is 1. The van der Waals surface area contributed by atoms with Crippen molar-refractivity contribution < 1.29 is 4.39 Å². The summed E-state index contributed by atoms with van der Waals surface area (Å²) in [4.78, 5) is 4.66. The van der Waals surface area contributed by atoms with Gasteiger partial charge in [0.2, 0.25) is 0 Å². The zero-order chi connectivity index (χ0) is 12.5. The Morgan fingerprint density at radius 1 is 1.39 bits per heavy atom. The SMILES string of the molecule is CC1CCCn2cc(Cc3ccccc3F)nc21. The van der Waals surface area contributed by atoms with E-state index < -0.39 is 0 Å². The Bertz CT molecular complexity index is 559. The second-order valence-corrected chi connectivity index (χ2v) is 5.10. The molecule has 0 bridgehead atoms. The van der Waals surface area contributed by atoms with Crippen molar-refractivity contribution >= 4 is 0 Å². The van der Waals surface area contributed by atoms with E-state index in [-0.39, 0.29) is 5.82 Å². The Labute approximate surface area is 106 Å². The van der Waals surface area contributed by atoms with Gasteiger partial charge in [-0.1, -0.05) is 25.1 Å². The fourth-order valence-electron chi connectivity index (χ4n) is 2.68. The van der Waals surface area contributed by atoms with Gasteiger partial charge >= 0.3 is 0 Å². The largest absolute Gasteiger partial charge is 0.334 e. The number of rotatable bonds is 2. The molecule has 0 spiro atoms. The summed E-state index contributed by atoms with van der Waals surface area (Å²) in [6.45, 7) is 3.26. The fourth-order valence-corrected chi connectivity index (χ4v) is 2.68. The molecule has 3 heteroatoms. The first kappa shape index (κ1) is 11.5. The predicted octanol–water partition coefficient (Wildman–Crippen LogP) is 3.51. The number of hydrogen-bond donors (Lipinski definition) is 0. The van der Waals surface area contributed by atoms with Crippen LogP contribution in [0.3, 0.4) is 0 Å². The molecule has 1 aliphatic heterocycles. The van der Waals surface area contributed by atoms with E-state index in [0.717, 1.165) is 23.6 Å². The van der Waals surface area contributed by atoms with Gasteiger partial charge in [0.1, 0.15) is 11.6 Å². The number of halogens is 1. The molecule has 2 aromatic rings. The molecule has 1 aromatic carbocycles. The molecule has 0 saturated carbocycles. The van der Waals surface area contributed by atoms with Gasteiger partial charge in [0, 0.05) is 25.1 Å². The van der Waals surface area contributed by atoms with Gasteiger partial charge in [-0.25, -0.2) is 9.37 Å². The van der Waals surface area contributed by atoms with Crippen molar-refractivity contribution in [3.05, 3.63) is 53.4 Å². The third kappa shape index (κ3) is 2.05. The number of aryl methyl sites for hydroxylation is 1. The van der Waals surface area contributed by atoms with Gasteiger partial charge in [0.25, 0.3) is 0 Å². The van der Waals surface area contributed by atoms with Crippen LogP contribution in [-0.4, -0.2) is 9.55 Å². The van der Waals surface area contributed by atoms with Crippen molar-refractivity contribution in [3.63, 3.8) is 0 Å². The Morgan fingerprint density at radius 2 is 2.22 bits per heavy atom. The highest BCUT2D eigenvalue weighted by Gasteiger charge is 2.19. The highest BCUT2D eigenvalue weighted by atomic mass is 19.1. The molecule has 94 valence electrons. The number of imidazole rings is 1. The molecule has 0 aliphatic carbocycles. The molecule has 1 aromatic heterocycles. The molecule has 0 N–H and O–H groups in total. The lowest BCUT2D eigenvalue weighted by atomic mass is 10.0. The van der Waals surface area contributed by atoms with Crippen LogP contribution in [0.1, 0.15) is 42.8 Å². The first-order chi connectivity index (χ1) is 8.74. The number of nitrogens with zero attached hydrogens (tertiary/aromatic N) is 2. The number of aromatic nitrogens is 2. The lowest BCUT2D eigenvalue weighted by molar-refractivity contribution is 0.463. The monoisotopic (exact) mass is 244 g/mol. The summed E-state index contributed by atoms with van der Waals surface area (Å²) in [5.74, 6) is 1.54. The summed E-state index contributed by atoms with van der Waals surface area (Å²) in [6, 6.07) is 6.93. The van der Waals surface area contributed by atoms with Gasteiger partial charge in [-0.15, -0.1) is 0 Å². The van der Waals surface area contributed by atoms with Crippen molar-refractivity contribution in [2.75, 3.05) is 0 Å². The second kappa shape index (κ2) is 4.56. The predicted molar refractivity (Wildman–Crippen MR) is 69.1 cm³/mol. The van der Waals surface area contributed by atoms with Crippen LogP contribution >= 0.6 is 0 Å². The molecule has 0 amide bonds. The molecule has 1 atom stereocenters. The van der Waals surface area contributed by atoms with Gasteiger partial charge in [0.15, 0.2) is 0 Å². The highest BCUT2D eigenvalue weighted by molar-refractivity contribution is 5.23. The van der Waals surface area contributed by atoms with Crippen LogP contribution in [0.4, 0.5) is 4.39 Å². The summed E-state index contributed by atoms with van der Waals surface area (Å²) in [7, 11) is 0. The first-order valence-electron chi connectivity index (χ1n) is 6.53. The van der Waals surface area contributed by atoms with Crippen molar-refractivity contribution in [2.24, 2.45) is 0 Å². The Kier molecular flexibility index (Phi) is 2.90. The summed E-state index contributed by atoms with van der Waals surface area (Å²) in [5.41, 5.74) is 1.70. The van der Waals surface area contributed by atoms with E-state index in [4.69, 9.17) is 0 Å². The molecule has 0 fully saturated rings. The average Bonchev–Trinajstić information content (AvgIpc) is 2.76. The van der Waals surface area contributed by atoms with Crippen molar-refractivity contribution in [1.82, 2.24) is 9.55 Å². The number of benzene rings is 1. The normalized spacial score (nSPS) is 18.7. The molecule has 3 rings (SSSR count). The van der Waals surface area contributed by atoms with Crippen LogP contribution in [0.5, 0.6) is 0 Å². The van der Waals surface area contributed by atoms with E-state index in [1.807, 2.05) is 12.1 Å². The summed E-state index contributed by atoms with van der Waals surface area (Å²) in [6.07, 6.45) is 5.08. The summed E-state index contributed by atoms with van der Waals surface area (Å²) >= 11 is 0. The Balaban J connectivity index is 1.88. The van der Waals surface area contributed by atoms with Crippen LogP contribution in [0, 0.1) is 5.82 Å². The van der Waals surface area contributed by atoms with Gasteiger partial charge in [0.05, 0.1) is 5.69 Å². The minimum absolute atomic E-state index is 0.142. The molecule has 1 aliphatic rings. The Morgan fingerprint density at radius 3 is 3.00 bits per heavy atom. The van der Waals surface area contributed by atoms with E-state index >= 15 is 0 Å². The molecular formula is C15H17FN2. The lowest BCUT2D eigenvalue weighted by Crippen LogP contribution is -2.12. The van der Waals surface area contributed by atoms with Gasteiger partial charge in [-0.3, -0.25) is 0 Å². The fraction of sp³-hybridized carbons (Fsp3) is 0.400. The lowest BCUT2D eigenvalue weighted by Gasteiger charge is -2.19. The van der Waals surface area contributed by atoms with E-state index in [2.05, 4.69) is 22.7 Å². The molecule has 0 radical (unpaired) electrons. The van der Waals surface area contributed by atoms with Crippen molar-refractivity contribution in [3.8, 4) is 0 Å². The van der Waals surface area contributed by atoms with Crippen LogP contribution in [-0.2, 0) is 13.0 Å². The summed E-state index contributed by atoms with van der Waals surface area (Å²) < 4.78 is 15.8. The minimum Gasteiger partial charge on any atom is -0.334 e. The molecular weight excluding hydrogens is 227 g/mol. The quantitative estimate of drug-likeness (QED) is 0.790. The third-order valence-electron chi connectivity index (χ3n) is 3.66. The molecule has 2 heterocycles. The Hall–Kier alpha value is -1.64. The molecule has 18 heavy (non-hydrogen) atoms. The van der Waals surface area contributed by atoms with Crippen LogP contribution in [0.2, 0.25) is 0 Å². The standard InChI is InChI=1S/C15H17FN2/c1-11-5-4-8-18-10-13(17-15(11)18)9-12-6-2-3-7-14(12)16/h2-3,6-7,10-11H,4-5,8-9H2,1H3. The van der Waals surface area contributed by atoms with Crippen molar-refractivity contribution in [1.29, 1.82) is 0 Å². The zero-order valence-corrected chi connectivity index (χ0v) is 10.6. The third-order valence-corrected chi connectivity index (χ3v) is 3.66. The molecule has 1 unspecified atom stereocenters. The molecule has 0 saturated heterocycles. The van der Waals surface area contributed by atoms with Crippen LogP contribution < -0.4 is 0 Å². The van der Waals surface area contributed by atoms with E-state index in [9.17, 15) is 4.39 Å². The highest BCUT2D eigenvalue weighted by Crippen LogP contribution is 2.26. The van der Waals surface area contributed by atoms with E-state index in [1.165, 1.54) is 18.9 Å². The van der Waals surface area contributed by atoms with Crippen LogP contribution in [0.15, 0.2) is 30.5 Å². The summed E-state index contributed by atoms with van der Waals surface area (Å²) in [5, 5.41) is 0. The van der Waals surface area contributed by atoms with Crippen molar-refractivity contribution in [2.45, 2.75) is 38.6 Å². The topological polar surface area (TPSA) is 17.8 Å². The van der Waals surface area contributed by atoms with E-state index in [1.54, 1.807) is 6.07 Å². The smallest absolute Gasteiger partial charge is 0.126 e. The van der Waals surface area contributed by atoms with Gasteiger partial charge in [-0.05, 0) is 24.5 Å². The maximum absolute atomic E-state index is 13.6. The van der Waals surface area contributed by atoms with Gasteiger partial charge in [-0.2, -0.15) is 0 Å². The first-order valence-corrected chi connectivity index (χ1v) is 6.53. The second-order valence-electron chi connectivity index (χ2n) is 5.10. The maximum Gasteiger partial charge on any atom is 0.126 e. The van der Waals surface area contributed by atoms with Crippen LogP contribution in [0.25, 0.3) is 0 Å². The average molecular weight is 244 g/mol. The van der Waals surface area contributed by atoms with E-state index in [0.29, 0.717) is 12.3 Å². The number of fused-ring (bicyclic) bond motifs is 1. The minimum atomic E-state index is -0.142. The maximum atomic E-state index is 13.6. The zero-order valence-electron chi connectivity index (χ0n) is 10.6. The molecule has 2 nitrogen and oxygen atoms in total.